The number of hydrogen-bond acceptors (Lipinski definition) is 4. The van der Waals surface area contributed by atoms with Gasteiger partial charge in [0.25, 0.3) is 0 Å². The number of carboxylic acids is 1. The molecule has 1 unspecified atom stereocenters. The van der Waals surface area contributed by atoms with Crippen molar-refractivity contribution in [1.29, 1.82) is 0 Å². The van der Waals surface area contributed by atoms with Crippen LogP contribution in [0.15, 0.2) is 0 Å². The fraction of sp³-hybridized carbons (Fsp3) is 0.800. The lowest BCUT2D eigenvalue weighted by Crippen LogP contribution is -2.50. The van der Waals surface area contributed by atoms with Crippen molar-refractivity contribution in [3.8, 4) is 0 Å². The summed E-state index contributed by atoms with van der Waals surface area (Å²) in [6, 6.07) is -1.79. The van der Waals surface area contributed by atoms with Crippen LogP contribution in [0.3, 0.4) is 0 Å². The minimum absolute atomic E-state index is 0.0106. The normalized spacial score (nSPS) is 16.2. The zero-order chi connectivity index (χ0) is 12.7. The van der Waals surface area contributed by atoms with Crippen molar-refractivity contribution in [2.24, 2.45) is 11.7 Å². The van der Waals surface area contributed by atoms with E-state index in [1.54, 1.807) is 0 Å². The van der Waals surface area contributed by atoms with E-state index in [0.717, 1.165) is 6.42 Å². The van der Waals surface area contributed by atoms with Crippen LogP contribution in [-0.4, -0.2) is 40.8 Å². The second kappa shape index (κ2) is 7.19. The smallest absolute Gasteiger partial charge is 0.326 e. The molecule has 1 amide bonds. The SMILES string of the molecule is CCC(C)[C@H](N)C(=O)N[C@@H](CCO)C(=O)O. The molecule has 6 heteroatoms. The third kappa shape index (κ3) is 4.59. The average molecular weight is 232 g/mol. The number of amides is 1. The zero-order valence-electron chi connectivity index (χ0n) is 9.64. The van der Waals surface area contributed by atoms with Gasteiger partial charge in [-0.2, -0.15) is 0 Å². The monoisotopic (exact) mass is 232 g/mol. The minimum atomic E-state index is -1.17. The number of carboxylic acid groups (broad SMARTS) is 1. The summed E-state index contributed by atoms with van der Waals surface area (Å²) in [5, 5.41) is 19.7. The summed E-state index contributed by atoms with van der Waals surface area (Å²) in [6.07, 6.45) is 0.723. The summed E-state index contributed by atoms with van der Waals surface area (Å²) in [5.41, 5.74) is 5.65. The van der Waals surface area contributed by atoms with Gasteiger partial charge in [0.1, 0.15) is 6.04 Å². The fourth-order valence-electron chi connectivity index (χ4n) is 1.17. The van der Waals surface area contributed by atoms with Gasteiger partial charge in [-0.1, -0.05) is 20.3 Å². The van der Waals surface area contributed by atoms with Crippen LogP contribution >= 0.6 is 0 Å². The number of hydrogen-bond donors (Lipinski definition) is 4. The van der Waals surface area contributed by atoms with Gasteiger partial charge in [0.15, 0.2) is 0 Å². The van der Waals surface area contributed by atoms with Gasteiger partial charge < -0.3 is 21.3 Å². The van der Waals surface area contributed by atoms with Gasteiger partial charge >= 0.3 is 5.97 Å². The first-order valence-corrected chi connectivity index (χ1v) is 5.33. The molecular formula is C10H20N2O4. The number of aliphatic carboxylic acids is 1. The Morgan fingerprint density at radius 3 is 2.38 bits per heavy atom. The van der Waals surface area contributed by atoms with Crippen molar-refractivity contribution >= 4 is 11.9 Å². The van der Waals surface area contributed by atoms with Crippen molar-refractivity contribution < 1.29 is 19.8 Å². The molecule has 0 aliphatic rings. The highest BCUT2D eigenvalue weighted by molar-refractivity contribution is 5.86. The summed E-state index contributed by atoms with van der Waals surface area (Å²) < 4.78 is 0. The highest BCUT2D eigenvalue weighted by atomic mass is 16.4. The Kier molecular flexibility index (Phi) is 6.67. The summed E-state index contributed by atoms with van der Waals surface area (Å²) >= 11 is 0. The number of nitrogens with one attached hydrogen (secondary N) is 1. The van der Waals surface area contributed by atoms with Crippen molar-refractivity contribution in [3.05, 3.63) is 0 Å². The van der Waals surface area contributed by atoms with Crippen molar-refractivity contribution in [3.63, 3.8) is 0 Å². The predicted molar refractivity (Wildman–Crippen MR) is 58.7 cm³/mol. The number of rotatable bonds is 7. The van der Waals surface area contributed by atoms with E-state index < -0.39 is 24.0 Å². The molecule has 0 radical (unpaired) electrons. The Hall–Kier alpha value is -1.14. The topological polar surface area (TPSA) is 113 Å². The van der Waals surface area contributed by atoms with E-state index >= 15 is 0 Å². The molecule has 3 atom stereocenters. The minimum Gasteiger partial charge on any atom is -0.480 e. The maximum absolute atomic E-state index is 11.6. The van der Waals surface area contributed by atoms with Crippen molar-refractivity contribution in [1.82, 2.24) is 5.32 Å². The van der Waals surface area contributed by atoms with Gasteiger partial charge in [0, 0.05) is 13.0 Å². The second-order valence-corrected chi connectivity index (χ2v) is 3.82. The molecule has 0 aromatic rings. The molecule has 94 valence electrons. The van der Waals surface area contributed by atoms with Gasteiger partial charge in [-0.3, -0.25) is 4.79 Å². The van der Waals surface area contributed by atoms with E-state index in [1.165, 1.54) is 0 Å². The summed E-state index contributed by atoms with van der Waals surface area (Å²) in [4.78, 5) is 22.3. The van der Waals surface area contributed by atoms with Crippen LogP contribution in [0.5, 0.6) is 0 Å². The van der Waals surface area contributed by atoms with Crippen LogP contribution in [0, 0.1) is 5.92 Å². The van der Waals surface area contributed by atoms with E-state index in [9.17, 15) is 9.59 Å². The molecule has 0 fully saturated rings. The van der Waals surface area contributed by atoms with E-state index in [2.05, 4.69) is 5.32 Å². The molecule has 0 spiro atoms. The van der Waals surface area contributed by atoms with Gasteiger partial charge in [0.2, 0.25) is 5.91 Å². The third-order valence-corrected chi connectivity index (χ3v) is 2.59. The molecule has 0 aromatic carbocycles. The molecule has 0 saturated heterocycles. The Balaban J connectivity index is 4.34. The van der Waals surface area contributed by atoms with E-state index in [-0.39, 0.29) is 18.9 Å². The highest BCUT2D eigenvalue weighted by Gasteiger charge is 2.25. The molecule has 0 saturated carbocycles. The molecule has 0 aliphatic carbocycles. The van der Waals surface area contributed by atoms with Gasteiger partial charge in [-0.05, 0) is 5.92 Å². The Labute approximate surface area is 94.8 Å². The van der Waals surface area contributed by atoms with E-state index in [0.29, 0.717) is 0 Å². The number of aliphatic hydroxyl groups excluding tert-OH is 1. The Bertz CT molecular complexity index is 245. The lowest BCUT2D eigenvalue weighted by molar-refractivity contribution is -0.142. The molecule has 0 aliphatic heterocycles. The maximum atomic E-state index is 11.6. The van der Waals surface area contributed by atoms with Gasteiger partial charge in [-0.15, -0.1) is 0 Å². The summed E-state index contributed by atoms with van der Waals surface area (Å²) in [7, 11) is 0. The lowest BCUT2D eigenvalue weighted by atomic mass is 9.99. The Morgan fingerprint density at radius 1 is 1.44 bits per heavy atom. The van der Waals surface area contributed by atoms with Crippen molar-refractivity contribution in [2.75, 3.05) is 6.61 Å². The van der Waals surface area contributed by atoms with Gasteiger partial charge in [-0.25, -0.2) is 4.79 Å². The summed E-state index contributed by atoms with van der Waals surface area (Å²) in [5.74, 6) is -1.67. The summed E-state index contributed by atoms with van der Waals surface area (Å²) in [6.45, 7) is 3.43. The largest absolute Gasteiger partial charge is 0.480 e. The maximum Gasteiger partial charge on any atom is 0.326 e. The first-order chi connectivity index (χ1) is 7.43. The van der Waals surface area contributed by atoms with Crippen LogP contribution in [0.1, 0.15) is 26.7 Å². The molecule has 0 rings (SSSR count). The first kappa shape index (κ1) is 14.9. The van der Waals surface area contributed by atoms with Crippen molar-refractivity contribution in [2.45, 2.75) is 38.8 Å². The molecular weight excluding hydrogens is 212 g/mol. The molecule has 5 N–H and O–H groups in total. The second-order valence-electron chi connectivity index (χ2n) is 3.82. The number of carbonyl (C=O) groups excluding carboxylic acids is 1. The molecule has 6 nitrogen and oxygen atoms in total. The van der Waals surface area contributed by atoms with Crippen LogP contribution < -0.4 is 11.1 Å². The van der Waals surface area contributed by atoms with Crippen LogP contribution in [0.2, 0.25) is 0 Å². The lowest BCUT2D eigenvalue weighted by Gasteiger charge is -2.20. The molecule has 0 aromatic heterocycles. The number of aliphatic hydroxyl groups is 1. The molecule has 0 bridgehead atoms. The predicted octanol–water partition coefficient (Wildman–Crippen LogP) is -0.688. The van der Waals surface area contributed by atoms with E-state index in [4.69, 9.17) is 15.9 Å². The third-order valence-electron chi connectivity index (χ3n) is 2.59. The number of nitrogens with two attached hydrogens (primary N) is 1. The van der Waals surface area contributed by atoms with Crippen LogP contribution in [0.4, 0.5) is 0 Å². The molecule has 16 heavy (non-hydrogen) atoms. The average Bonchev–Trinajstić information content (AvgIpc) is 2.25. The Morgan fingerprint density at radius 2 is 2.00 bits per heavy atom. The van der Waals surface area contributed by atoms with Gasteiger partial charge in [0.05, 0.1) is 6.04 Å². The standard InChI is InChI=1S/C10H20N2O4/c1-3-6(2)8(11)9(14)12-7(4-5-13)10(15)16/h6-8,13H,3-5,11H2,1-2H3,(H,12,14)(H,15,16)/t6?,7-,8-/m0/s1. The zero-order valence-corrected chi connectivity index (χ0v) is 9.64. The quantitative estimate of drug-likeness (QED) is 0.464. The van der Waals surface area contributed by atoms with E-state index in [1.807, 2.05) is 13.8 Å². The fourth-order valence-corrected chi connectivity index (χ4v) is 1.17. The number of carbonyl (C=O) groups is 2. The first-order valence-electron chi connectivity index (χ1n) is 5.33. The highest BCUT2D eigenvalue weighted by Crippen LogP contribution is 2.05. The van der Waals surface area contributed by atoms with Crippen LogP contribution in [-0.2, 0) is 9.59 Å². The van der Waals surface area contributed by atoms with Crippen LogP contribution in [0.25, 0.3) is 0 Å². The molecule has 0 heterocycles.